The molecule has 13 nitrogen and oxygen atoms in total. The van der Waals surface area contributed by atoms with Crippen molar-refractivity contribution in [3.05, 3.63) is 71.0 Å². The summed E-state index contributed by atoms with van der Waals surface area (Å²) >= 11 is 0. The Labute approximate surface area is 270 Å². The monoisotopic (exact) mass is 644 g/mol. The largest absolute Gasteiger partial charge is 0.520 e. The number of nitrogens with zero attached hydrogens (tertiary/aromatic N) is 3. The van der Waals surface area contributed by atoms with Crippen molar-refractivity contribution in [1.29, 1.82) is 0 Å². The van der Waals surface area contributed by atoms with Gasteiger partial charge in [-0.3, -0.25) is 14.9 Å². The number of hydrogen-bond donors (Lipinski definition) is 4. The van der Waals surface area contributed by atoms with Crippen LogP contribution in [0.5, 0.6) is 5.75 Å². The quantitative estimate of drug-likeness (QED) is 0.205. The van der Waals surface area contributed by atoms with E-state index in [1.54, 1.807) is 18.2 Å². The molecule has 1 fully saturated rings. The molecule has 4 N–H and O–H groups in total. The first-order chi connectivity index (χ1) is 22.4. The highest BCUT2D eigenvalue weighted by Crippen LogP contribution is 2.37. The lowest BCUT2D eigenvalue weighted by Gasteiger charge is -2.22. The van der Waals surface area contributed by atoms with E-state index in [-0.39, 0.29) is 19.6 Å². The number of likely N-dealkylation sites (N-methyl/N-ethyl adjacent to an activating group) is 1. The Bertz CT molecular complexity index is 1840. The summed E-state index contributed by atoms with van der Waals surface area (Å²) in [5, 5.41) is 14.6. The first-order valence-electron chi connectivity index (χ1n) is 14.8. The zero-order valence-corrected chi connectivity index (χ0v) is 26.6. The first kappa shape index (κ1) is 32.9. The maximum Gasteiger partial charge on any atom is 0.520 e. The fourth-order valence-electron chi connectivity index (χ4n) is 5.66. The van der Waals surface area contributed by atoms with Gasteiger partial charge in [-0.05, 0) is 65.4 Å². The Hall–Kier alpha value is -5.50. The highest BCUT2D eigenvalue weighted by atomic mass is 19.1. The van der Waals surface area contributed by atoms with Gasteiger partial charge in [-0.25, -0.2) is 14.0 Å². The number of carbonyl (C=O) groups excluding carboxylic acids is 5. The van der Waals surface area contributed by atoms with Gasteiger partial charge in [0.2, 0.25) is 5.91 Å². The number of urea groups is 2. The molecule has 0 bridgehead atoms. The molecule has 3 aromatic rings. The average molecular weight is 645 g/mol. The third-order valence-corrected chi connectivity index (χ3v) is 8.38. The fourth-order valence-corrected chi connectivity index (χ4v) is 5.66. The van der Waals surface area contributed by atoms with Gasteiger partial charge in [0.1, 0.15) is 18.6 Å². The van der Waals surface area contributed by atoms with Gasteiger partial charge in [0.25, 0.3) is 11.9 Å². The SMILES string of the molecule is COc1cc(-c2cccc(-c3cccc(NC(=O)C4N=[N+](C)C(=O)N(C)C4=O)c3C)c2C)cc(F)c1CNCC1CNC(=O)NC1=O. The minimum Gasteiger partial charge on any atom is -0.496 e. The minimum atomic E-state index is -1.41. The van der Waals surface area contributed by atoms with E-state index in [0.717, 1.165) is 37.4 Å². The maximum atomic E-state index is 15.6. The molecule has 2 heterocycles. The van der Waals surface area contributed by atoms with E-state index < -0.39 is 47.6 Å². The molecule has 2 aliphatic rings. The molecule has 2 atom stereocenters. The third-order valence-electron chi connectivity index (χ3n) is 8.38. The smallest absolute Gasteiger partial charge is 0.496 e. The highest BCUT2D eigenvalue weighted by Gasteiger charge is 2.44. The molecule has 7 amide bonds. The average Bonchev–Trinajstić information content (AvgIpc) is 3.04. The lowest BCUT2D eigenvalue weighted by Crippen LogP contribution is -2.54. The summed E-state index contributed by atoms with van der Waals surface area (Å²) < 4.78 is 22.1. The molecule has 2 unspecified atom stereocenters. The summed E-state index contributed by atoms with van der Waals surface area (Å²) in [5.41, 5.74) is 5.39. The van der Waals surface area contributed by atoms with Gasteiger partial charge in [-0.1, -0.05) is 35.4 Å². The number of carbonyl (C=O) groups is 5. The van der Waals surface area contributed by atoms with Gasteiger partial charge in [0, 0.05) is 30.9 Å². The Morgan fingerprint density at radius 2 is 1.74 bits per heavy atom. The van der Waals surface area contributed by atoms with Crippen molar-refractivity contribution in [2.24, 2.45) is 11.0 Å². The zero-order chi connectivity index (χ0) is 34.0. The number of halogens is 1. The standard InChI is InChI=1S/C33H34FN7O6/c1-17-21(19-12-25(34)24(27(13-19)47-5)16-35-14-20-15-36-32(45)38-29(20)42)8-6-9-22(17)23-10-7-11-26(18(23)2)37-30(43)28-31(44)40(3)33(46)41(4)39-28/h6-13,20,28,35H,14-16H2,1-5H3,(H2-,36,37,38,42,43,45)/p+1. The van der Waals surface area contributed by atoms with Crippen LogP contribution < -0.4 is 26.0 Å². The van der Waals surface area contributed by atoms with Crippen LogP contribution in [0.2, 0.25) is 0 Å². The Morgan fingerprint density at radius 3 is 2.45 bits per heavy atom. The van der Waals surface area contributed by atoms with Crippen LogP contribution >= 0.6 is 0 Å². The van der Waals surface area contributed by atoms with Crippen LogP contribution in [0.4, 0.5) is 19.7 Å². The molecular weight excluding hydrogens is 609 g/mol. The molecule has 0 aliphatic carbocycles. The van der Waals surface area contributed by atoms with Gasteiger partial charge in [-0.2, -0.15) is 9.69 Å². The van der Waals surface area contributed by atoms with Crippen molar-refractivity contribution >= 4 is 35.5 Å². The van der Waals surface area contributed by atoms with Crippen LogP contribution in [0.25, 0.3) is 22.3 Å². The van der Waals surface area contributed by atoms with Gasteiger partial charge >= 0.3 is 18.0 Å². The Morgan fingerprint density at radius 1 is 1.06 bits per heavy atom. The molecule has 3 aromatic carbocycles. The molecule has 0 aromatic heterocycles. The number of methoxy groups -OCH3 is 1. The number of hydrogen-bond acceptors (Lipinski definition) is 8. The van der Waals surface area contributed by atoms with Crippen molar-refractivity contribution in [3.8, 4) is 28.0 Å². The van der Waals surface area contributed by atoms with E-state index >= 15 is 4.39 Å². The predicted molar refractivity (Wildman–Crippen MR) is 169 cm³/mol. The summed E-state index contributed by atoms with van der Waals surface area (Å²) in [5.74, 6) is -2.42. The van der Waals surface area contributed by atoms with Crippen LogP contribution in [-0.2, 0) is 20.9 Å². The van der Waals surface area contributed by atoms with Crippen LogP contribution in [0.1, 0.15) is 16.7 Å². The number of amides is 7. The van der Waals surface area contributed by atoms with Crippen molar-refractivity contribution < 1.29 is 37.8 Å². The topological polar surface area (TPSA) is 161 Å². The number of ether oxygens (including phenoxy) is 1. The van der Waals surface area contributed by atoms with E-state index in [1.807, 2.05) is 38.1 Å². The molecule has 5 rings (SSSR count). The molecule has 244 valence electrons. The maximum absolute atomic E-state index is 15.6. The molecule has 0 spiro atoms. The Balaban J connectivity index is 1.38. The highest BCUT2D eigenvalue weighted by molar-refractivity contribution is 6.13. The van der Waals surface area contributed by atoms with Crippen molar-refractivity contribution in [2.75, 3.05) is 39.6 Å². The number of rotatable bonds is 9. The van der Waals surface area contributed by atoms with Crippen LogP contribution in [0.3, 0.4) is 0 Å². The van der Waals surface area contributed by atoms with Crippen molar-refractivity contribution in [2.45, 2.75) is 26.4 Å². The van der Waals surface area contributed by atoms with Crippen LogP contribution in [0, 0.1) is 25.6 Å². The van der Waals surface area contributed by atoms with Crippen molar-refractivity contribution in [1.82, 2.24) is 20.9 Å². The number of benzene rings is 3. The number of azo groups is 2. The lowest BCUT2D eigenvalue weighted by atomic mass is 9.90. The fraction of sp³-hybridized carbons (Fsp3) is 0.303. The summed E-state index contributed by atoms with van der Waals surface area (Å²) in [4.78, 5) is 61.9. The normalized spacial score (nSPS) is 18.0. The van der Waals surface area contributed by atoms with E-state index in [0.29, 0.717) is 22.6 Å². The van der Waals surface area contributed by atoms with Gasteiger partial charge in [0.15, 0.2) is 0 Å². The van der Waals surface area contributed by atoms with E-state index in [9.17, 15) is 24.0 Å². The predicted octanol–water partition coefficient (Wildman–Crippen LogP) is 3.32. The zero-order valence-electron chi connectivity index (χ0n) is 26.6. The van der Waals surface area contributed by atoms with Gasteiger partial charge in [-0.15, -0.1) is 4.70 Å². The number of imide groups is 2. The molecule has 2 aliphatic heterocycles. The summed E-state index contributed by atoms with van der Waals surface area (Å²) in [7, 11) is 4.13. The van der Waals surface area contributed by atoms with Crippen LogP contribution in [0.15, 0.2) is 53.6 Å². The molecule has 0 saturated carbocycles. The molecular formula is C33H35FN7O6+. The number of anilines is 1. The van der Waals surface area contributed by atoms with Crippen LogP contribution in [-0.4, -0.2) is 79.7 Å². The number of nitrogens with one attached hydrogen (secondary N) is 4. The lowest BCUT2D eigenvalue weighted by molar-refractivity contribution is -0.481. The third kappa shape index (κ3) is 6.58. The second-order valence-corrected chi connectivity index (χ2v) is 11.3. The van der Waals surface area contributed by atoms with Gasteiger partial charge < -0.3 is 20.7 Å². The molecule has 47 heavy (non-hydrogen) atoms. The molecule has 14 heteroatoms. The molecule has 1 saturated heterocycles. The summed E-state index contributed by atoms with van der Waals surface area (Å²) in [6, 6.07) is 11.7. The second kappa shape index (κ2) is 13.5. The van der Waals surface area contributed by atoms with E-state index in [4.69, 9.17) is 4.74 Å². The first-order valence-corrected chi connectivity index (χ1v) is 14.8. The Kier molecular flexibility index (Phi) is 9.42. The summed E-state index contributed by atoms with van der Waals surface area (Å²) in [6.07, 6.45) is 0. The van der Waals surface area contributed by atoms with E-state index in [2.05, 4.69) is 26.4 Å². The van der Waals surface area contributed by atoms with Crippen molar-refractivity contribution in [3.63, 3.8) is 0 Å². The molecule has 0 radical (unpaired) electrons. The van der Waals surface area contributed by atoms with E-state index in [1.165, 1.54) is 27.3 Å². The summed E-state index contributed by atoms with van der Waals surface area (Å²) in [6.45, 7) is 4.29. The second-order valence-electron chi connectivity index (χ2n) is 11.3. The van der Waals surface area contributed by atoms with Gasteiger partial charge in [0.05, 0.1) is 20.1 Å². The minimum absolute atomic E-state index is 0.104.